The van der Waals surface area contributed by atoms with Crippen molar-refractivity contribution < 1.29 is 13.2 Å². The molecule has 0 aliphatic rings. The van der Waals surface area contributed by atoms with Crippen molar-refractivity contribution in [2.24, 2.45) is 0 Å². The summed E-state index contributed by atoms with van der Waals surface area (Å²) in [5.74, 6) is 0.330. The van der Waals surface area contributed by atoms with Crippen molar-refractivity contribution >= 4 is 15.7 Å². The molecule has 5 heteroatoms. The number of aryl methyl sites for hydroxylation is 3. The van der Waals surface area contributed by atoms with Crippen LogP contribution in [0.15, 0.2) is 41.3 Å². The summed E-state index contributed by atoms with van der Waals surface area (Å²) in [6.07, 6.45) is 0. The Bertz CT molecular complexity index is 767. The third-order valence-electron chi connectivity index (χ3n) is 3.37. The maximum Gasteiger partial charge on any atom is 0.265 e. The molecule has 0 heterocycles. The highest BCUT2D eigenvalue weighted by Crippen LogP contribution is 2.27. The van der Waals surface area contributed by atoms with E-state index in [1.165, 1.54) is 7.11 Å². The van der Waals surface area contributed by atoms with Crippen LogP contribution in [0.2, 0.25) is 0 Å². The fraction of sp³-hybridized carbons (Fsp3) is 0.250. The van der Waals surface area contributed by atoms with Crippen LogP contribution in [0.1, 0.15) is 16.7 Å². The molecular weight excluding hydrogens is 286 g/mol. The summed E-state index contributed by atoms with van der Waals surface area (Å²) >= 11 is 0. The van der Waals surface area contributed by atoms with Gasteiger partial charge in [-0.25, -0.2) is 8.42 Å². The van der Waals surface area contributed by atoms with Gasteiger partial charge in [0, 0.05) is 5.69 Å². The second-order valence-corrected chi connectivity index (χ2v) is 6.71. The van der Waals surface area contributed by atoms with Gasteiger partial charge in [-0.1, -0.05) is 12.1 Å². The largest absolute Gasteiger partial charge is 0.495 e. The van der Waals surface area contributed by atoms with Gasteiger partial charge < -0.3 is 4.74 Å². The zero-order valence-electron chi connectivity index (χ0n) is 12.6. The molecule has 0 aromatic heterocycles. The lowest BCUT2D eigenvalue weighted by molar-refractivity contribution is 0.402. The lowest BCUT2D eigenvalue weighted by atomic mass is 10.1. The number of methoxy groups -OCH3 is 1. The Balaban J connectivity index is 2.42. The highest BCUT2D eigenvalue weighted by atomic mass is 32.2. The van der Waals surface area contributed by atoms with Crippen molar-refractivity contribution in [1.82, 2.24) is 0 Å². The number of nitrogens with one attached hydrogen (secondary N) is 1. The number of benzene rings is 2. The smallest absolute Gasteiger partial charge is 0.265 e. The fourth-order valence-electron chi connectivity index (χ4n) is 2.01. The Morgan fingerprint density at radius 2 is 1.67 bits per heavy atom. The monoisotopic (exact) mass is 305 g/mol. The summed E-state index contributed by atoms with van der Waals surface area (Å²) in [6, 6.07) is 10.5. The predicted octanol–water partition coefficient (Wildman–Crippen LogP) is 3.42. The fourth-order valence-corrected chi connectivity index (χ4v) is 3.31. The zero-order valence-corrected chi connectivity index (χ0v) is 13.4. The van der Waals surface area contributed by atoms with Gasteiger partial charge in [-0.15, -0.1) is 0 Å². The van der Waals surface area contributed by atoms with Crippen LogP contribution >= 0.6 is 0 Å². The molecule has 0 radical (unpaired) electrons. The van der Waals surface area contributed by atoms with Gasteiger partial charge in [-0.05, 0) is 61.7 Å². The summed E-state index contributed by atoms with van der Waals surface area (Å²) in [6.45, 7) is 5.77. The van der Waals surface area contributed by atoms with E-state index < -0.39 is 10.0 Å². The molecule has 0 unspecified atom stereocenters. The highest BCUT2D eigenvalue weighted by Gasteiger charge is 2.20. The zero-order chi connectivity index (χ0) is 15.6. The molecule has 0 saturated carbocycles. The summed E-state index contributed by atoms with van der Waals surface area (Å²) in [5.41, 5.74) is 3.55. The molecule has 112 valence electrons. The maximum atomic E-state index is 12.5. The predicted molar refractivity (Wildman–Crippen MR) is 84.5 cm³/mol. The van der Waals surface area contributed by atoms with E-state index in [1.807, 2.05) is 39.0 Å². The lowest BCUT2D eigenvalue weighted by Gasteiger charge is -2.13. The standard InChI is InChI=1S/C16H19NO3S/c1-11-5-8-15(20-4)16(9-11)21(18,19)17-14-7-6-12(2)13(3)10-14/h5-10,17H,1-4H3. The summed E-state index contributed by atoms with van der Waals surface area (Å²) in [5, 5.41) is 0. The van der Waals surface area contributed by atoms with Crippen molar-refractivity contribution in [2.75, 3.05) is 11.8 Å². The summed E-state index contributed by atoms with van der Waals surface area (Å²) in [4.78, 5) is 0.142. The van der Waals surface area contributed by atoms with Gasteiger partial charge in [0.2, 0.25) is 0 Å². The molecule has 1 N–H and O–H groups in total. The highest BCUT2D eigenvalue weighted by molar-refractivity contribution is 7.92. The Morgan fingerprint density at radius 3 is 2.29 bits per heavy atom. The van der Waals surface area contributed by atoms with Crippen molar-refractivity contribution in [3.8, 4) is 5.75 Å². The maximum absolute atomic E-state index is 12.5. The van der Waals surface area contributed by atoms with E-state index >= 15 is 0 Å². The number of hydrogen-bond donors (Lipinski definition) is 1. The molecule has 2 rings (SSSR count). The number of anilines is 1. The molecule has 2 aromatic carbocycles. The number of ether oxygens (including phenoxy) is 1. The average Bonchev–Trinajstić information content (AvgIpc) is 2.42. The molecule has 0 spiro atoms. The van der Waals surface area contributed by atoms with Crippen molar-refractivity contribution in [3.05, 3.63) is 53.1 Å². The molecule has 0 aliphatic carbocycles. The van der Waals surface area contributed by atoms with Crippen LogP contribution in [0.5, 0.6) is 5.75 Å². The van der Waals surface area contributed by atoms with E-state index in [9.17, 15) is 8.42 Å². The Kier molecular flexibility index (Phi) is 4.23. The first-order valence-corrected chi connectivity index (χ1v) is 8.06. The van der Waals surface area contributed by atoms with Gasteiger partial charge >= 0.3 is 0 Å². The van der Waals surface area contributed by atoms with Crippen LogP contribution in [-0.4, -0.2) is 15.5 Å². The van der Waals surface area contributed by atoms with Crippen LogP contribution in [-0.2, 0) is 10.0 Å². The molecule has 0 fully saturated rings. The normalized spacial score (nSPS) is 11.2. The van der Waals surface area contributed by atoms with Crippen molar-refractivity contribution in [1.29, 1.82) is 0 Å². The lowest BCUT2D eigenvalue weighted by Crippen LogP contribution is -2.14. The van der Waals surface area contributed by atoms with E-state index in [2.05, 4.69) is 4.72 Å². The first-order chi connectivity index (χ1) is 9.83. The van der Waals surface area contributed by atoms with Gasteiger partial charge in [0.05, 0.1) is 7.11 Å². The number of sulfonamides is 1. The topological polar surface area (TPSA) is 55.4 Å². The second-order valence-electron chi connectivity index (χ2n) is 5.06. The quantitative estimate of drug-likeness (QED) is 0.941. The average molecular weight is 305 g/mol. The minimum atomic E-state index is -3.68. The molecule has 0 amide bonds. The molecule has 0 aliphatic heterocycles. The summed E-state index contributed by atoms with van der Waals surface area (Å²) < 4.78 is 32.8. The van der Waals surface area contributed by atoms with E-state index in [0.717, 1.165) is 16.7 Å². The molecule has 0 bridgehead atoms. The van der Waals surface area contributed by atoms with E-state index in [4.69, 9.17) is 4.74 Å². The molecule has 21 heavy (non-hydrogen) atoms. The minimum absolute atomic E-state index is 0.142. The van der Waals surface area contributed by atoms with Crippen LogP contribution in [0, 0.1) is 20.8 Å². The second kappa shape index (κ2) is 5.77. The van der Waals surface area contributed by atoms with Crippen LogP contribution < -0.4 is 9.46 Å². The van der Waals surface area contributed by atoms with Gasteiger partial charge in [-0.3, -0.25) is 4.72 Å². The Morgan fingerprint density at radius 1 is 0.952 bits per heavy atom. The van der Waals surface area contributed by atoms with Gasteiger partial charge in [-0.2, -0.15) is 0 Å². The third-order valence-corrected chi connectivity index (χ3v) is 4.77. The Labute approximate surface area is 125 Å². The van der Waals surface area contributed by atoms with Gasteiger partial charge in [0.1, 0.15) is 10.6 Å². The number of hydrogen-bond acceptors (Lipinski definition) is 3. The molecule has 4 nitrogen and oxygen atoms in total. The number of rotatable bonds is 4. The molecule has 0 atom stereocenters. The molecule has 0 saturated heterocycles. The van der Waals surface area contributed by atoms with Crippen LogP contribution in [0.3, 0.4) is 0 Å². The van der Waals surface area contributed by atoms with E-state index in [0.29, 0.717) is 11.4 Å². The van der Waals surface area contributed by atoms with Crippen LogP contribution in [0.25, 0.3) is 0 Å². The van der Waals surface area contributed by atoms with Gasteiger partial charge in [0.25, 0.3) is 10.0 Å². The third kappa shape index (κ3) is 3.36. The molecule has 2 aromatic rings. The SMILES string of the molecule is COc1ccc(C)cc1S(=O)(=O)Nc1ccc(C)c(C)c1. The van der Waals surface area contributed by atoms with Crippen LogP contribution in [0.4, 0.5) is 5.69 Å². The van der Waals surface area contributed by atoms with Crippen molar-refractivity contribution in [3.63, 3.8) is 0 Å². The minimum Gasteiger partial charge on any atom is -0.495 e. The van der Waals surface area contributed by atoms with E-state index in [-0.39, 0.29) is 4.90 Å². The first kappa shape index (κ1) is 15.4. The Hall–Kier alpha value is -2.01. The van der Waals surface area contributed by atoms with Gasteiger partial charge in [0.15, 0.2) is 0 Å². The van der Waals surface area contributed by atoms with E-state index in [1.54, 1.807) is 18.2 Å². The van der Waals surface area contributed by atoms with Crippen molar-refractivity contribution in [2.45, 2.75) is 25.7 Å². The first-order valence-electron chi connectivity index (χ1n) is 6.58. The summed E-state index contributed by atoms with van der Waals surface area (Å²) in [7, 11) is -2.23. The molecular formula is C16H19NO3S.